The highest BCUT2D eigenvalue weighted by Crippen LogP contribution is 2.34. The summed E-state index contributed by atoms with van der Waals surface area (Å²) in [6, 6.07) is 11.4. The second kappa shape index (κ2) is 4.36. The maximum Gasteiger partial charge on any atom is 0.0670 e. The van der Waals surface area contributed by atoms with E-state index in [1.165, 1.54) is 0 Å². The molecule has 2 aromatic carbocycles. The minimum absolute atomic E-state index is 0.554. The molecule has 0 unspecified atom stereocenters. The third kappa shape index (κ3) is 2.01. The molecule has 0 radical (unpaired) electrons. The fraction of sp³-hybridized carbons (Fsp3) is 0.0769. The molecule has 0 aliphatic heterocycles. The Morgan fingerprint density at radius 2 is 1.81 bits per heavy atom. The van der Waals surface area contributed by atoms with Crippen molar-refractivity contribution < 1.29 is 0 Å². The zero-order valence-electron chi connectivity index (χ0n) is 8.80. The molecule has 2 rings (SSSR count). The summed E-state index contributed by atoms with van der Waals surface area (Å²) in [5.74, 6) is 0. The van der Waals surface area contributed by atoms with E-state index in [1.54, 1.807) is 6.07 Å². The second-order valence-corrected chi connectivity index (χ2v) is 4.46. The zero-order valence-corrected chi connectivity index (χ0v) is 10.3. The van der Waals surface area contributed by atoms with Crippen molar-refractivity contribution >= 4 is 28.9 Å². The SMILES string of the molecule is Cc1ccc(-c2cccc(Cl)c2Cl)cc1N. The van der Waals surface area contributed by atoms with Crippen LogP contribution in [0.1, 0.15) is 5.56 Å². The first-order chi connectivity index (χ1) is 7.59. The second-order valence-electron chi connectivity index (χ2n) is 3.67. The molecule has 0 fully saturated rings. The van der Waals surface area contributed by atoms with E-state index in [-0.39, 0.29) is 0 Å². The topological polar surface area (TPSA) is 26.0 Å². The van der Waals surface area contributed by atoms with Crippen LogP contribution >= 0.6 is 23.2 Å². The lowest BCUT2D eigenvalue weighted by Gasteiger charge is -2.08. The van der Waals surface area contributed by atoms with E-state index in [4.69, 9.17) is 28.9 Å². The Morgan fingerprint density at radius 3 is 2.50 bits per heavy atom. The van der Waals surface area contributed by atoms with Crippen molar-refractivity contribution in [1.82, 2.24) is 0 Å². The highest BCUT2D eigenvalue weighted by Gasteiger charge is 2.07. The Labute approximate surface area is 105 Å². The molecule has 0 spiro atoms. The highest BCUT2D eigenvalue weighted by molar-refractivity contribution is 6.43. The summed E-state index contributed by atoms with van der Waals surface area (Å²) in [7, 11) is 0. The standard InChI is InChI=1S/C13H11Cl2N/c1-8-5-6-9(7-12(8)16)10-3-2-4-11(14)13(10)15/h2-7H,16H2,1H3. The van der Waals surface area contributed by atoms with Gasteiger partial charge in [0.05, 0.1) is 10.0 Å². The van der Waals surface area contributed by atoms with Crippen molar-refractivity contribution in [2.75, 3.05) is 5.73 Å². The van der Waals surface area contributed by atoms with E-state index in [0.29, 0.717) is 10.0 Å². The van der Waals surface area contributed by atoms with Gasteiger partial charge in [0, 0.05) is 11.3 Å². The fourth-order valence-electron chi connectivity index (χ4n) is 1.53. The molecule has 0 aliphatic carbocycles. The van der Waals surface area contributed by atoms with Crippen LogP contribution in [0.3, 0.4) is 0 Å². The third-order valence-corrected chi connectivity index (χ3v) is 3.36. The molecule has 0 aliphatic rings. The van der Waals surface area contributed by atoms with Gasteiger partial charge in [0.2, 0.25) is 0 Å². The molecule has 0 bridgehead atoms. The molecular formula is C13H11Cl2N. The number of hydrogen-bond acceptors (Lipinski definition) is 1. The van der Waals surface area contributed by atoms with Crippen LogP contribution in [0.15, 0.2) is 36.4 Å². The molecule has 2 aromatic rings. The quantitative estimate of drug-likeness (QED) is 0.740. The van der Waals surface area contributed by atoms with Gasteiger partial charge in [0.1, 0.15) is 0 Å². The number of nitrogens with two attached hydrogens (primary N) is 1. The van der Waals surface area contributed by atoms with Gasteiger partial charge in [0.25, 0.3) is 0 Å². The van der Waals surface area contributed by atoms with Crippen LogP contribution < -0.4 is 5.73 Å². The zero-order chi connectivity index (χ0) is 11.7. The van der Waals surface area contributed by atoms with Crippen LogP contribution in [0.25, 0.3) is 11.1 Å². The van der Waals surface area contributed by atoms with Gasteiger partial charge in [-0.25, -0.2) is 0 Å². The lowest BCUT2D eigenvalue weighted by molar-refractivity contribution is 1.47. The van der Waals surface area contributed by atoms with Crippen LogP contribution in [0.5, 0.6) is 0 Å². The van der Waals surface area contributed by atoms with Gasteiger partial charge in [-0.15, -0.1) is 0 Å². The van der Waals surface area contributed by atoms with E-state index in [0.717, 1.165) is 22.4 Å². The van der Waals surface area contributed by atoms with Gasteiger partial charge >= 0.3 is 0 Å². The molecule has 82 valence electrons. The van der Waals surface area contributed by atoms with Gasteiger partial charge in [-0.1, -0.05) is 47.5 Å². The summed E-state index contributed by atoms with van der Waals surface area (Å²) in [4.78, 5) is 0. The minimum atomic E-state index is 0.554. The predicted molar refractivity (Wildman–Crippen MR) is 71.0 cm³/mol. The number of hydrogen-bond donors (Lipinski definition) is 1. The highest BCUT2D eigenvalue weighted by atomic mass is 35.5. The normalized spacial score (nSPS) is 10.4. The number of nitrogen functional groups attached to an aromatic ring is 1. The molecule has 2 N–H and O–H groups in total. The molecule has 0 heterocycles. The van der Waals surface area contributed by atoms with E-state index in [9.17, 15) is 0 Å². The van der Waals surface area contributed by atoms with E-state index in [1.807, 2.05) is 37.3 Å². The predicted octanol–water partition coefficient (Wildman–Crippen LogP) is 4.55. The number of benzene rings is 2. The number of aryl methyl sites for hydroxylation is 1. The van der Waals surface area contributed by atoms with Gasteiger partial charge < -0.3 is 5.73 Å². The van der Waals surface area contributed by atoms with E-state index in [2.05, 4.69) is 0 Å². The Hall–Kier alpha value is -1.18. The summed E-state index contributed by atoms with van der Waals surface area (Å²) in [5, 5.41) is 1.12. The molecule has 0 atom stereocenters. The molecule has 16 heavy (non-hydrogen) atoms. The summed E-state index contributed by atoms with van der Waals surface area (Å²) in [5.41, 5.74) is 9.57. The molecular weight excluding hydrogens is 241 g/mol. The number of halogens is 2. The Kier molecular flexibility index (Phi) is 3.08. The fourth-order valence-corrected chi connectivity index (χ4v) is 1.94. The summed E-state index contributed by atoms with van der Waals surface area (Å²) in [6.45, 7) is 1.97. The molecule has 3 heteroatoms. The molecule has 0 saturated carbocycles. The summed E-state index contributed by atoms with van der Waals surface area (Å²) >= 11 is 12.1. The first kappa shape index (κ1) is 11.3. The van der Waals surface area contributed by atoms with Crippen LogP contribution in [0, 0.1) is 6.92 Å². The third-order valence-electron chi connectivity index (χ3n) is 2.54. The van der Waals surface area contributed by atoms with Crippen LogP contribution in [-0.4, -0.2) is 0 Å². The smallest absolute Gasteiger partial charge is 0.0670 e. The van der Waals surface area contributed by atoms with Gasteiger partial charge in [-0.2, -0.15) is 0 Å². The Bertz CT molecular complexity index is 535. The van der Waals surface area contributed by atoms with Crippen molar-refractivity contribution in [3.63, 3.8) is 0 Å². The van der Waals surface area contributed by atoms with Gasteiger partial charge in [-0.05, 0) is 30.2 Å². The lowest BCUT2D eigenvalue weighted by atomic mass is 10.0. The van der Waals surface area contributed by atoms with Crippen molar-refractivity contribution in [3.05, 3.63) is 52.0 Å². The maximum atomic E-state index is 6.15. The average Bonchev–Trinajstić information content (AvgIpc) is 2.26. The van der Waals surface area contributed by atoms with E-state index < -0.39 is 0 Å². The molecule has 0 amide bonds. The first-order valence-electron chi connectivity index (χ1n) is 4.90. The molecule has 1 nitrogen and oxygen atoms in total. The number of rotatable bonds is 1. The largest absolute Gasteiger partial charge is 0.398 e. The monoisotopic (exact) mass is 251 g/mol. The number of anilines is 1. The van der Waals surface area contributed by atoms with E-state index >= 15 is 0 Å². The lowest BCUT2D eigenvalue weighted by Crippen LogP contribution is -1.90. The average molecular weight is 252 g/mol. The van der Waals surface area contributed by atoms with Crippen molar-refractivity contribution in [3.8, 4) is 11.1 Å². The Balaban J connectivity index is 2.59. The first-order valence-corrected chi connectivity index (χ1v) is 5.65. The Morgan fingerprint density at radius 1 is 1.06 bits per heavy atom. The molecule has 0 aromatic heterocycles. The van der Waals surface area contributed by atoms with Crippen LogP contribution in [0.4, 0.5) is 5.69 Å². The minimum Gasteiger partial charge on any atom is -0.398 e. The maximum absolute atomic E-state index is 6.15. The van der Waals surface area contributed by atoms with Gasteiger partial charge in [-0.3, -0.25) is 0 Å². The van der Waals surface area contributed by atoms with Crippen molar-refractivity contribution in [2.24, 2.45) is 0 Å². The van der Waals surface area contributed by atoms with Gasteiger partial charge in [0.15, 0.2) is 0 Å². The summed E-state index contributed by atoms with van der Waals surface area (Å²) < 4.78 is 0. The van der Waals surface area contributed by atoms with Crippen LogP contribution in [-0.2, 0) is 0 Å². The van der Waals surface area contributed by atoms with Crippen molar-refractivity contribution in [2.45, 2.75) is 6.92 Å². The summed E-state index contributed by atoms with van der Waals surface area (Å²) in [6.07, 6.45) is 0. The van der Waals surface area contributed by atoms with Crippen molar-refractivity contribution in [1.29, 1.82) is 0 Å². The molecule has 0 saturated heterocycles. The van der Waals surface area contributed by atoms with Crippen LogP contribution in [0.2, 0.25) is 10.0 Å².